The van der Waals surface area contributed by atoms with E-state index >= 15 is 0 Å². The third kappa shape index (κ3) is 4.06. The fraction of sp³-hybridized carbons (Fsp3) is 0.500. The van der Waals surface area contributed by atoms with Gasteiger partial charge in [-0.25, -0.2) is 4.98 Å². The summed E-state index contributed by atoms with van der Waals surface area (Å²) >= 11 is 1.51. The molecule has 144 valence electrons. The number of likely N-dealkylation sites (tertiary alicyclic amines) is 1. The molecule has 2 saturated heterocycles. The Kier molecular flexibility index (Phi) is 5.27. The van der Waals surface area contributed by atoms with Crippen molar-refractivity contribution in [3.8, 4) is 0 Å². The van der Waals surface area contributed by atoms with Crippen LogP contribution in [0.1, 0.15) is 40.3 Å². The van der Waals surface area contributed by atoms with Crippen LogP contribution in [-0.2, 0) is 11.2 Å². The Labute approximate surface area is 162 Å². The molecule has 2 aliphatic heterocycles. The zero-order valence-corrected chi connectivity index (χ0v) is 15.9. The quantitative estimate of drug-likeness (QED) is 0.839. The summed E-state index contributed by atoms with van der Waals surface area (Å²) in [5.41, 5.74) is 1.26. The molecule has 2 fully saturated rings. The lowest BCUT2D eigenvalue weighted by atomic mass is 9.82. The molecule has 2 atom stereocenters. The fourth-order valence-corrected chi connectivity index (χ4v) is 4.64. The maximum atomic E-state index is 12.8. The second kappa shape index (κ2) is 7.67. The minimum Gasteiger partial charge on any atom is -0.390 e. The van der Waals surface area contributed by atoms with Crippen LogP contribution in [0.25, 0.3) is 0 Å². The van der Waals surface area contributed by atoms with E-state index in [-0.39, 0.29) is 12.5 Å². The van der Waals surface area contributed by atoms with Crippen molar-refractivity contribution in [2.45, 2.75) is 43.5 Å². The summed E-state index contributed by atoms with van der Waals surface area (Å²) in [7, 11) is 0. The molecule has 1 spiro atoms. The molecule has 0 radical (unpaired) electrons. The summed E-state index contributed by atoms with van der Waals surface area (Å²) in [5.74, 6) is -0.0446. The Morgan fingerprint density at radius 1 is 1.22 bits per heavy atom. The lowest BCUT2D eigenvalue weighted by Gasteiger charge is -2.46. The molecule has 2 N–H and O–H groups in total. The third-order valence-corrected chi connectivity index (χ3v) is 6.37. The van der Waals surface area contributed by atoms with Crippen LogP contribution in [0.3, 0.4) is 0 Å². The molecule has 4 rings (SSSR count). The molecule has 0 unspecified atom stereocenters. The number of carbonyl (C=O) groups is 1. The van der Waals surface area contributed by atoms with Crippen molar-refractivity contribution in [1.82, 2.24) is 9.88 Å². The van der Waals surface area contributed by atoms with Crippen molar-refractivity contribution in [2.24, 2.45) is 0 Å². The van der Waals surface area contributed by atoms with E-state index < -0.39 is 17.8 Å². The number of amides is 1. The van der Waals surface area contributed by atoms with Gasteiger partial charge in [-0.3, -0.25) is 4.79 Å². The monoisotopic (exact) mass is 388 g/mol. The van der Waals surface area contributed by atoms with E-state index in [1.54, 1.807) is 0 Å². The summed E-state index contributed by atoms with van der Waals surface area (Å²) in [5, 5.41) is 22.4. The van der Waals surface area contributed by atoms with Gasteiger partial charge < -0.3 is 19.8 Å². The lowest BCUT2D eigenvalue weighted by Crippen LogP contribution is -2.55. The molecule has 27 heavy (non-hydrogen) atoms. The largest absolute Gasteiger partial charge is 0.390 e. The topological polar surface area (TPSA) is 82.9 Å². The average molecular weight is 388 g/mol. The number of thiazole rings is 1. The molecule has 0 bridgehead atoms. The highest BCUT2D eigenvalue weighted by molar-refractivity contribution is 7.09. The van der Waals surface area contributed by atoms with Gasteiger partial charge in [-0.2, -0.15) is 0 Å². The van der Waals surface area contributed by atoms with Crippen LogP contribution in [0.15, 0.2) is 35.7 Å². The van der Waals surface area contributed by atoms with Gasteiger partial charge in [-0.1, -0.05) is 30.3 Å². The number of aliphatic hydroxyl groups is 2. The number of carbonyl (C=O) groups excluding carboxylic acids is 1. The van der Waals surface area contributed by atoms with Crippen LogP contribution < -0.4 is 0 Å². The SMILES string of the molecule is O=C(c1csc(Cc2ccccc2)n1)N1CCC2(CC1)C[C@@H](O)[C@@H](O)CO2. The molecule has 1 amide bonds. The smallest absolute Gasteiger partial charge is 0.273 e. The van der Waals surface area contributed by atoms with Gasteiger partial charge in [0.1, 0.15) is 11.8 Å². The van der Waals surface area contributed by atoms with Gasteiger partial charge >= 0.3 is 0 Å². The van der Waals surface area contributed by atoms with Crippen molar-refractivity contribution in [3.05, 3.63) is 52.0 Å². The summed E-state index contributed by atoms with van der Waals surface area (Å²) in [4.78, 5) is 19.1. The molecule has 1 aromatic carbocycles. The Morgan fingerprint density at radius 3 is 2.67 bits per heavy atom. The Hall–Kier alpha value is -1.80. The number of benzene rings is 1. The second-order valence-electron chi connectivity index (χ2n) is 7.41. The van der Waals surface area contributed by atoms with Crippen molar-refractivity contribution in [2.75, 3.05) is 19.7 Å². The number of rotatable bonds is 3. The Bertz CT molecular complexity index is 786. The van der Waals surface area contributed by atoms with E-state index in [4.69, 9.17) is 4.74 Å². The van der Waals surface area contributed by atoms with Crippen LogP contribution in [-0.4, -0.2) is 63.5 Å². The molecule has 2 aliphatic rings. The number of aliphatic hydroxyl groups excluding tert-OH is 2. The summed E-state index contributed by atoms with van der Waals surface area (Å²) in [6.07, 6.45) is 0.936. The van der Waals surface area contributed by atoms with Crippen LogP contribution in [0.5, 0.6) is 0 Å². The number of aromatic nitrogens is 1. The summed E-state index contributed by atoms with van der Waals surface area (Å²) in [6, 6.07) is 10.1. The van der Waals surface area contributed by atoms with E-state index in [0.29, 0.717) is 38.0 Å². The summed E-state index contributed by atoms with van der Waals surface area (Å²) in [6.45, 7) is 1.31. The third-order valence-electron chi connectivity index (χ3n) is 5.52. The Balaban J connectivity index is 1.36. The fourth-order valence-electron chi connectivity index (χ4n) is 3.84. The second-order valence-corrected chi connectivity index (χ2v) is 8.36. The first kappa shape index (κ1) is 18.6. The van der Waals surface area contributed by atoms with Crippen molar-refractivity contribution in [1.29, 1.82) is 0 Å². The molecule has 7 heteroatoms. The van der Waals surface area contributed by atoms with E-state index in [9.17, 15) is 15.0 Å². The highest BCUT2D eigenvalue weighted by atomic mass is 32.1. The predicted octanol–water partition coefficient (Wildman–Crippen LogP) is 1.85. The number of piperidine rings is 1. The predicted molar refractivity (Wildman–Crippen MR) is 102 cm³/mol. The number of nitrogens with zero attached hydrogens (tertiary/aromatic N) is 2. The van der Waals surface area contributed by atoms with E-state index in [0.717, 1.165) is 11.4 Å². The zero-order chi connectivity index (χ0) is 18.9. The normalized spacial score (nSPS) is 24.9. The molecular formula is C20H24N2O4S. The van der Waals surface area contributed by atoms with Gasteiger partial charge in [-0.15, -0.1) is 11.3 Å². The first-order valence-corrected chi connectivity index (χ1v) is 10.2. The standard InChI is InChI=1S/C20H24N2O4S/c23-16-11-20(26-12-17(16)24)6-8-22(9-7-20)19(25)15-13-27-18(21-15)10-14-4-2-1-3-5-14/h1-5,13,16-17,23-24H,6-12H2/t16-,17+/m1/s1. The van der Waals surface area contributed by atoms with Gasteiger partial charge in [0.15, 0.2) is 0 Å². The van der Waals surface area contributed by atoms with Gasteiger partial charge in [0.05, 0.1) is 23.3 Å². The highest BCUT2D eigenvalue weighted by Gasteiger charge is 2.43. The maximum Gasteiger partial charge on any atom is 0.273 e. The number of ether oxygens (including phenoxy) is 1. The average Bonchev–Trinajstić information content (AvgIpc) is 3.14. The molecule has 6 nitrogen and oxygen atoms in total. The van der Waals surface area contributed by atoms with E-state index in [2.05, 4.69) is 17.1 Å². The first-order chi connectivity index (χ1) is 13.0. The number of hydrogen-bond acceptors (Lipinski definition) is 6. The molecule has 3 heterocycles. The molecule has 2 aromatic rings. The maximum absolute atomic E-state index is 12.8. The Morgan fingerprint density at radius 2 is 1.96 bits per heavy atom. The van der Waals surface area contributed by atoms with Gasteiger partial charge in [-0.05, 0) is 18.4 Å². The minimum atomic E-state index is -0.812. The van der Waals surface area contributed by atoms with Crippen LogP contribution in [0.4, 0.5) is 0 Å². The van der Waals surface area contributed by atoms with Crippen molar-refractivity contribution < 1.29 is 19.7 Å². The first-order valence-electron chi connectivity index (χ1n) is 9.32. The minimum absolute atomic E-state index is 0.0446. The van der Waals surface area contributed by atoms with Crippen molar-refractivity contribution in [3.63, 3.8) is 0 Å². The molecule has 1 aromatic heterocycles. The zero-order valence-electron chi connectivity index (χ0n) is 15.1. The van der Waals surface area contributed by atoms with Crippen LogP contribution >= 0.6 is 11.3 Å². The lowest BCUT2D eigenvalue weighted by molar-refractivity contribution is -0.185. The van der Waals surface area contributed by atoms with Gasteiger partial charge in [0, 0.05) is 31.3 Å². The molecule has 0 aliphatic carbocycles. The van der Waals surface area contributed by atoms with Gasteiger partial charge in [0.25, 0.3) is 5.91 Å². The molecule has 0 saturated carbocycles. The molecular weight excluding hydrogens is 364 g/mol. The van der Waals surface area contributed by atoms with Gasteiger partial charge in [0.2, 0.25) is 0 Å². The number of hydrogen-bond donors (Lipinski definition) is 2. The summed E-state index contributed by atoms with van der Waals surface area (Å²) < 4.78 is 5.83. The van der Waals surface area contributed by atoms with Crippen LogP contribution in [0.2, 0.25) is 0 Å². The van der Waals surface area contributed by atoms with E-state index in [1.165, 1.54) is 16.9 Å². The van der Waals surface area contributed by atoms with Crippen molar-refractivity contribution >= 4 is 17.2 Å². The van der Waals surface area contributed by atoms with E-state index in [1.807, 2.05) is 28.5 Å². The van der Waals surface area contributed by atoms with Crippen LogP contribution in [0, 0.1) is 0 Å². The highest BCUT2D eigenvalue weighted by Crippen LogP contribution is 2.35.